The zero-order valence-electron chi connectivity index (χ0n) is 11.1. The standard InChI is InChI=1S/C11H18F3N3O3/c1-20-5-3-15-6-9(18)16-8-2-4-17(10(8)19)7-11(12,13)14/h8,15H,2-7H2,1H3,(H,16,18). The molecule has 6 nitrogen and oxygen atoms in total. The van der Waals surface area contributed by atoms with E-state index in [1.807, 2.05) is 0 Å². The molecule has 1 atom stereocenters. The molecule has 0 aromatic carbocycles. The monoisotopic (exact) mass is 297 g/mol. The number of carbonyl (C=O) groups excluding carboxylic acids is 2. The maximum absolute atomic E-state index is 12.2. The highest BCUT2D eigenvalue weighted by Gasteiger charge is 2.39. The van der Waals surface area contributed by atoms with Gasteiger partial charge in [-0.05, 0) is 6.42 Å². The van der Waals surface area contributed by atoms with Crippen LogP contribution in [0.4, 0.5) is 13.2 Å². The minimum atomic E-state index is -4.42. The summed E-state index contributed by atoms with van der Waals surface area (Å²) < 4.78 is 41.4. The van der Waals surface area contributed by atoms with Crippen LogP contribution in [0.25, 0.3) is 0 Å². The third kappa shape index (κ3) is 5.74. The number of nitrogens with one attached hydrogen (secondary N) is 2. The number of rotatable bonds is 7. The van der Waals surface area contributed by atoms with Crippen LogP contribution in [0.2, 0.25) is 0 Å². The number of hydrogen-bond acceptors (Lipinski definition) is 4. The Morgan fingerprint density at radius 1 is 1.50 bits per heavy atom. The van der Waals surface area contributed by atoms with Gasteiger partial charge in [-0.25, -0.2) is 0 Å². The molecule has 0 radical (unpaired) electrons. The summed E-state index contributed by atoms with van der Waals surface area (Å²) in [6.45, 7) is -0.366. The average Bonchev–Trinajstić information content (AvgIpc) is 2.65. The first-order valence-electron chi connectivity index (χ1n) is 6.18. The number of likely N-dealkylation sites (tertiary alicyclic amines) is 1. The molecular formula is C11H18F3N3O3. The quantitative estimate of drug-likeness (QED) is 0.622. The molecule has 0 aliphatic carbocycles. The maximum atomic E-state index is 12.2. The molecule has 116 valence electrons. The minimum Gasteiger partial charge on any atom is -0.383 e. The minimum absolute atomic E-state index is 0.000390. The van der Waals surface area contributed by atoms with Gasteiger partial charge in [-0.3, -0.25) is 9.59 Å². The third-order valence-electron chi connectivity index (χ3n) is 2.77. The first kappa shape index (κ1) is 16.7. The SMILES string of the molecule is COCCNCC(=O)NC1CCN(CC(F)(F)F)C1=O. The smallest absolute Gasteiger partial charge is 0.383 e. The normalized spacial score (nSPS) is 19.5. The van der Waals surface area contributed by atoms with Crippen LogP contribution < -0.4 is 10.6 Å². The molecule has 0 aromatic heterocycles. The Kier molecular flexibility index (Phi) is 6.21. The molecule has 0 saturated carbocycles. The van der Waals surface area contributed by atoms with E-state index in [0.29, 0.717) is 18.1 Å². The van der Waals surface area contributed by atoms with Gasteiger partial charge < -0.3 is 20.3 Å². The number of hydrogen-bond donors (Lipinski definition) is 2. The van der Waals surface area contributed by atoms with Crippen molar-refractivity contribution in [3.63, 3.8) is 0 Å². The molecule has 1 aliphatic heterocycles. The molecule has 0 spiro atoms. The number of nitrogens with zero attached hydrogens (tertiary/aromatic N) is 1. The molecule has 1 aliphatic rings. The molecule has 1 rings (SSSR count). The molecule has 1 heterocycles. The van der Waals surface area contributed by atoms with E-state index in [9.17, 15) is 22.8 Å². The van der Waals surface area contributed by atoms with Crippen molar-refractivity contribution in [2.75, 3.05) is 39.9 Å². The lowest BCUT2D eigenvalue weighted by molar-refractivity contribution is -0.158. The van der Waals surface area contributed by atoms with Gasteiger partial charge in [-0.2, -0.15) is 13.2 Å². The Morgan fingerprint density at radius 2 is 2.20 bits per heavy atom. The first-order valence-corrected chi connectivity index (χ1v) is 6.18. The number of ether oxygens (including phenoxy) is 1. The topological polar surface area (TPSA) is 70.7 Å². The fourth-order valence-corrected chi connectivity index (χ4v) is 1.87. The lowest BCUT2D eigenvalue weighted by Crippen LogP contribution is -2.46. The Hall–Kier alpha value is -1.35. The highest BCUT2D eigenvalue weighted by atomic mass is 19.4. The van der Waals surface area contributed by atoms with Crippen molar-refractivity contribution in [3.8, 4) is 0 Å². The van der Waals surface area contributed by atoms with Gasteiger partial charge in [-0.1, -0.05) is 0 Å². The summed E-state index contributed by atoms with van der Waals surface area (Å²) in [5, 5.41) is 5.20. The lowest BCUT2D eigenvalue weighted by Gasteiger charge is -2.18. The summed E-state index contributed by atoms with van der Waals surface area (Å²) in [5.74, 6) is -1.11. The summed E-state index contributed by atoms with van der Waals surface area (Å²) >= 11 is 0. The highest BCUT2D eigenvalue weighted by Crippen LogP contribution is 2.20. The number of methoxy groups -OCH3 is 1. The van der Waals surface area contributed by atoms with E-state index in [4.69, 9.17) is 4.74 Å². The highest BCUT2D eigenvalue weighted by molar-refractivity contribution is 5.89. The van der Waals surface area contributed by atoms with Crippen molar-refractivity contribution in [1.29, 1.82) is 0 Å². The van der Waals surface area contributed by atoms with Gasteiger partial charge in [0.05, 0.1) is 13.2 Å². The first-order chi connectivity index (χ1) is 9.33. The van der Waals surface area contributed by atoms with Gasteiger partial charge in [-0.15, -0.1) is 0 Å². The number of halogens is 3. The van der Waals surface area contributed by atoms with Crippen LogP contribution in [-0.4, -0.2) is 68.8 Å². The summed E-state index contributed by atoms with van der Waals surface area (Å²) in [6, 6.07) is -0.867. The van der Waals surface area contributed by atoms with E-state index >= 15 is 0 Å². The molecule has 0 aromatic rings. The Balaban J connectivity index is 2.31. The number of alkyl halides is 3. The number of carbonyl (C=O) groups is 2. The van der Waals surface area contributed by atoms with Crippen molar-refractivity contribution in [1.82, 2.24) is 15.5 Å². The molecule has 2 N–H and O–H groups in total. The van der Waals surface area contributed by atoms with Crippen LogP contribution in [-0.2, 0) is 14.3 Å². The second-order valence-electron chi connectivity index (χ2n) is 4.45. The Labute approximate surface area is 114 Å². The fraction of sp³-hybridized carbons (Fsp3) is 0.818. The van der Waals surface area contributed by atoms with Gasteiger partial charge in [0, 0.05) is 20.2 Å². The Morgan fingerprint density at radius 3 is 2.80 bits per heavy atom. The lowest BCUT2D eigenvalue weighted by atomic mass is 10.2. The molecule has 1 saturated heterocycles. The molecule has 2 amide bonds. The Bertz CT molecular complexity index is 350. The second kappa shape index (κ2) is 7.44. The number of amides is 2. The van der Waals surface area contributed by atoms with Gasteiger partial charge in [0.1, 0.15) is 12.6 Å². The van der Waals surface area contributed by atoms with Crippen LogP contribution in [0.5, 0.6) is 0 Å². The van der Waals surface area contributed by atoms with Crippen molar-refractivity contribution < 1.29 is 27.5 Å². The van der Waals surface area contributed by atoms with Crippen LogP contribution >= 0.6 is 0 Å². The van der Waals surface area contributed by atoms with E-state index in [1.165, 1.54) is 7.11 Å². The van der Waals surface area contributed by atoms with Gasteiger partial charge in [0.2, 0.25) is 11.8 Å². The zero-order valence-corrected chi connectivity index (χ0v) is 11.1. The zero-order chi connectivity index (χ0) is 15.2. The predicted molar refractivity (Wildman–Crippen MR) is 63.9 cm³/mol. The average molecular weight is 297 g/mol. The van der Waals surface area contributed by atoms with E-state index in [1.54, 1.807) is 0 Å². The molecule has 20 heavy (non-hydrogen) atoms. The molecule has 9 heteroatoms. The van der Waals surface area contributed by atoms with Crippen LogP contribution in [0.1, 0.15) is 6.42 Å². The van der Waals surface area contributed by atoms with Crippen molar-refractivity contribution >= 4 is 11.8 Å². The van der Waals surface area contributed by atoms with Crippen molar-refractivity contribution in [2.24, 2.45) is 0 Å². The predicted octanol–water partition coefficient (Wildman–Crippen LogP) is -0.498. The molecule has 1 unspecified atom stereocenters. The molecule has 0 bridgehead atoms. The maximum Gasteiger partial charge on any atom is 0.406 e. The second-order valence-corrected chi connectivity index (χ2v) is 4.45. The fourth-order valence-electron chi connectivity index (χ4n) is 1.87. The van der Waals surface area contributed by atoms with Gasteiger partial charge in [0.15, 0.2) is 0 Å². The van der Waals surface area contributed by atoms with Crippen LogP contribution in [0, 0.1) is 0 Å². The summed E-state index contributed by atoms with van der Waals surface area (Å²) in [6.07, 6.45) is -4.23. The summed E-state index contributed by atoms with van der Waals surface area (Å²) in [7, 11) is 1.52. The third-order valence-corrected chi connectivity index (χ3v) is 2.77. The largest absolute Gasteiger partial charge is 0.406 e. The summed E-state index contributed by atoms with van der Waals surface area (Å²) in [4.78, 5) is 23.9. The molecular weight excluding hydrogens is 279 g/mol. The van der Waals surface area contributed by atoms with E-state index in [-0.39, 0.29) is 19.5 Å². The van der Waals surface area contributed by atoms with E-state index < -0.39 is 30.6 Å². The summed E-state index contributed by atoms with van der Waals surface area (Å²) in [5.41, 5.74) is 0. The van der Waals surface area contributed by atoms with Gasteiger partial charge >= 0.3 is 6.18 Å². The van der Waals surface area contributed by atoms with Gasteiger partial charge in [0.25, 0.3) is 0 Å². The van der Waals surface area contributed by atoms with Crippen molar-refractivity contribution in [3.05, 3.63) is 0 Å². The van der Waals surface area contributed by atoms with Crippen molar-refractivity contribution in [2.45, 2.75) is 18.6 Å². The van der Waals surface area contributed by atoms with Crippen LogP contribution in [0.3, 0.4) is 0 Å². The molecule has 1 fully saturated rings. The van der Waals surface area contributed by atoms with E-state index in [2.05, 4.69) is 10.6 Å². The van der Waals surface area contributed by atoms with E-state index in [0.717, 1.165) is 0 Å². The van der Waals surface area contributed by atoms with Crippen LogP contribution in [0.15, 0.2) is 0 Å².